The molecule has 0 bridgehead atoms. The lowest BCUT2D eigenvalue weighted by atomic mass is 10.1. The van der Waals surface area contributed by atoms with Gasteiger partial charge in [0.1, 0.15) is 0 Å². The van der Waals surface area contributed by atoms with Crippen molar-refractivity contribution in [2.75, 3.05) is 13.1 Å². The topological polar surface area (TPSA) is 84.5 Å². The Morgan fingerprint density at radius 3 is 1.29 bits per heavy atom. The van der Waals surface area contributed by atoms with Crippen molar-refractivity contribution in [2.24, 2.45) is 0 Å². The molecular weight excluding hydrogens is 356 g/mol. The van der Waals surface area contributed by atoms with Gasteiger partial charge in [0, 0.05) is 13.1 Å². The minimum Gasteiger partial charge on any atom is -0.459 e. The second kappa shape index (κ2) is 13.6. The fourth-order valence-corrected chi connectivity index (χ4v) is 3.06. The summed E-state index contributed by atoms with van der Waals surface area (Å²) in [6.07, 6.45) is 14.8. The molecule has 2 N–H and O–H groups in total. The van der Waals surface area contributed by atoms with E-state index >= 15 is 0 Å². The number of hydrogen-bond acceptors (Lipinski definition) is 4. The Kier molecular flexibility index (Phi) is 10.6. The van der Waals surface area contributed by atoms with Crippen molar-refractivity contribution < 1.29 is 18.4 Å². The van der Waals surface area contributed by atoms with Gasteiger partial charge in [-0.3, -0.25) is 9.59 Å². The van der Waals surface area contributed by atoms with E-state index in [1.165, 1.54) is 51.1 Å². The zero-order chi connectivity index (χ0) is 19.9. The van der Waals surface area contributed by atoms with Gasteiger partial charge in [-0.25, -0.2) is 0 Å². The van der Waals surface area contributed by atoms with Gasteiger partial charge >= 0.3 is 0 Å². The van der Waals surface area contributed by atoms with Crippen molar-refractivity contribution in [3.8, 4) is 0 Å². The number of rotatable bonds is 15. The van der Waals surface area contributed by atoms with E-state index < -0.39 is 0 Å². The standard InChI is InChI=1S/C22H32N2O4/c25-21(19-13-11-17-27-19)23-15-9-7-5-3-1-2-4-6-8-10-16-24-22(26)20-14-12-18-28-20/h11-14,17-18H,1-10,15-16H2,(H,23,25)(H,24,26). The minimum atomic E-state index is -0.134. The van der Waals surface area contributed by atoms with Crippen molar-refractivity contribution >= 4 is 11.8 Å². The van der Waals surface area contributed by atoms with E-state index in [2.05, 4.69) is 10.6 Å². The summed E-state index contributed by atoms with van der Waals surface area (Å²) in [5.74, 6) is 0.482. The predicted octanol–water partition coefficient (Wildman–Crippen LogP) is 4.93. The fraction of sp³-hybridized carbons (Fsp3) is 0.545. The molecule has 154 valence electrons. The molecule has 2 aromatic rings. The normalized spacial score (nSPS) is 10.7. The number of nitrogens with one attached hydrogen (secondary N) is 2. The highest BCUT2D eigenvalue weighted by atomic mass is 16.3. The molecule has 2 aromatic heterocycles. The third-order valence-corrected chi connectivity index (χ3v) is 4.66. The van der Waals surface area contributed by atoms with E-state index in [0.29, 0.717) is 24.6 Å². The van der Waals surface area contributed by atoms with Gasteiger partial charge in [0.2, 0.25) is 0 Å². The van der Waals surface area contributed by atoms with E-state index in [9.17, 15) is 9.59 Å². The summed E-state index contributed by atoms with van der Waals surface area (Å²) in [6, 6.07) is 6.78. The van der Waals surface area contributed by atoms with E-state index in [-0.39, 0.29) is 11.8 Å². The van der Waals surface area contributed by atoms with Gasteiger partial charge in [-0.05, 0) is 37.1 Å². The summed E-state index contributed by atoms with van der Waals surface area (Å²) >= 11 is 0. The van der Waals surface area contributed by atoms with Crippen LogP contribution in [-0.4, -0.2) is 24.9 Å². The largest absolute Gasteiger partial charge is 0.459 e. The van der Waals surface area contributed by atoms with E-state index in [0.717, 1.165) is 25.7 Å². The zero-order valence-corrected chi connectivity index (χ0v) is 16.6. The maximum Gasteiger partial charge on any atom is 0.286 e. The molecule has 2 rings (SSSR count). The third-order valence-electron chi connectivity index (χ3n) is 4.66. The molecule has 0 fully saturated rings. The van der Waals surface area contributed by atoms with Crippen LogP contribution in [0.4, 0.5) is 0 Å². The molecule has 6 nitrogen and oxygen atoms in total. The average Bonchev–Trinajstić information content (AvgIpc) is 3.41. The molecular formula is C22H32N2O4. The van der Waals surface area contributed by atoms with Crippen LogP contribution in [0, 0.1) is 0 Å². The lowest BCUT2D eigenvalue weighted by Crippen LogP contribution is -2.23. The molecule has 0 aromatic carbocycles. The first kappa shape index (κ1) is 21.8. The average molecular weight is 389 g/mol. The SMILES string of the molecule is O=C(NCCCCCCCCCCCCNC(=O)c1ccco1)c1ccco1. The molecule has 0 unspecified atom stereocenters. The lowest BCUT2D eigenvalue weighted by molar-refractivity contribution is 0.0917. The fourth-order valence-electron chi connectivity index (χ4n) is 3.06. The van der Waals surface area contributed by atoms with Crippen LogP contribution < -0.4 is 10.6 Å². The predicted molar refractivity (Wildman–Crippen MR) is 108 cm³/mol. The Hall–Kier alpha value is -2.50. The zero-order valence-electron chi connectivity index (χ0n) is 16.6. The molecule has 0 spiro atoms. The van der Waals surface area contributed by atoms with Gasteiger partial charge in [-0.2, -0.15) is 0 Å². The molecule has 0 aliphatic carbocycles. The van der Waals surface area contributed by atoms with Gasteiger partial charge in [0.25, 0.3) is 11.8 Å². The Morgan fingerprint density at radius 2 is 0.964 bits per heavy atom. The Balaban J connectivity index is 1.29. The highest BCUT2D eigenvalue weighted by Gasteiger charge is 2.07. The van der Waals surface area contributed by atoms with Gasteiger partial charge in [0.05, 0.1) is 12.5 Å². The van der Waals surface area contributed by atoms with Gasteiger partial charge in [0.15, 0.2) is 11.5 Å². The first-order chi connectivity index (χ1) is 13.8. The number of carbonyl (C=O) groups excluding carboxylic acids is 2. The maximum atomic E-state index is 11.7. The van der Waals surface area contributed by atoms with Crippen LogP contribution in [0.25, 0.3) is 0 Å². The quantitative estimate of drug-likeness (QED) is 0.424. The Morgan fingerprint density at radius 1 is 0.607 bits per heavy atom. The van der Waals surface area contributed by atoms with Crippen LogP contribution in [0.2, 0.25) is 0 Å². The van der Waals surface area contributed by atoms with E-state index in [1.807, 2.05) is 0 Å². The second-order valence-corrected chi connectivity index (χ2v) is 7.00. The molecule has 0 saturated carbocycles. The first-order valence-corrected chi connectivity index (χ1v) is 10.4. The number of hydrogen-bond donors (Lipinski definition) is 2. The van der Waals surface area contributed by atoms with Crippen LogP contribution >= 0.6 is 0 Å². The molecule has 28 heavy (non-hydrogen) atoms. The Labute approximate surface area is 167 Å². The molecule has 6 heteroatoms. The number of furan rings is 2. The van der Waals surface area contributed by atoms with Gasteiger partial charge in [-0.15, -0.1) is 0 Å². The van der Waals surface area contributed by atoms with Crippen molar-refractivity contribution in [3.05, 3.63) is 48.3 Å². The molecule has 0 atom stereocenters. The smallest absolute Gasteiger partial charge is 0.286 e. The summed E-state index contributed by atoms with van der Waals surface area (Å²) in [6.45, 7) is 1.41. The molecule has 0 aliphatic heterocycles. The molecule has 0 saturated heterocycles. The van der Waals surface area contributed by atoms with E-state index in [4.69, 9.17) is 8.83 Å². The number of amides is 2. The summed E-state index contributed by atoms with van der Waals surface area (Å²) < 4.78 is 10.1. The van der Waals surface area contributed by atoms with Gasteiger partial charge in [-0.1, -0.05) is 51.4 Å². The van der Waals surface area contributed by atoms with Crippen molar-refractivity contribution in [3.63, 3.8) is 0 Å². The first-order valence-electron chi connectivity index (χ1n) is 10.4. The lowest BCUT2D eigenvalue weighted by Gasteiger charge is -2.05. The molecule has 2 amide bonds. The van der Waals surface area contributed by atoms with Crippen molar-refractivity contribution in [1.29, 1.82) is 0 Å². The molecule has 0 aliphatic rings. The van der Waals surface area contributed by atoms with Crippen LogP contribution in [0.15, 0.2) is 45.6 Å². The Bertz CT molecular complexity index is 592. The van der Waals surface area contributed by atoms with Gasteiger partial charge < -0.3 is 19.5 Å². The van der Waals surface area contributed by atoms with Crippen LogP contribution in [0.5, 0.6) is 0 Å². The number of carbonyl (C=O) groups is 2. The summed E-state index contributed by atoms with van der Waals surface area (Å²) in [4.78, 5) is 23.3. The summed E-state index contributed by atoms with van der Waals surface area (Å²) in [7, 11) is 0. The van der Waals surface area contributed by atoms with Crippen molar-refractivity contribution in [1.82, 2.24) is 10.6 Å². The second-order valence-electron chi connectivity index (χ2n) is 7.00. The van der Waals surface area contributed by atoms with Crippen LogP contribution in [-0.2, 0) is 0 Å². The van der Waals surface area contributed by atoms with E-state index in [1.54, 1.807) is 24.3 Å². The van der Waals surface area contributed by atoms with Crippen molar-refractivity contribution in [2.45, 2.75) is 64.2 Å². The van der Waals surface area contributed by atoms with Crippen LogP contribution in [0.1, 0.15) is 85.3 Å². The summed E-state index contributed by atoms with van der Waals surface area (Å²) in [5.41, 5.74) is 0. The summed E-state index contributed by atoms with van der Waals surface area (Å²) in [5, 5.41) is 5.74. The highest BCUT2D eigenvalue weighted by Crippen LogP contribution is 2.10. The molecule has 2 heterocycles. The maximum absolute atomic E-state index is 11.7. The molecule has 0 radical (unpaired) electrons. The minimum absolute atomic E-state index is 0.134. The monoisotopic (exact) mass is 388 g/mol. The third kappa shape index (κ3) is 8.93. The highest BCUT2D eigenvalue weighted by molar-refractivity contribution is 5.91. The number of unbranched alkanes of at least 4 members (excludes halogenated alkanes) is 9. The van der Waals surface area contributed by atoms with Crippen LogP contribution in [0.3, 0.4) is 0 Å².